The minimum Gasteiger partial charge on any atom is -0.496 e. The number of piperidine rings is 1. The minimum absolute atomic E-state index is 0.00109. The third-order valence-electron chi connectivity index (χ3n) is 7.78. The predicted molar refractivity (Wildman–Crippen MR) is 163 cm³/mol. The Morgan fingerprint density at radius 3 is 2.50 bits per heavy atom. The van der Waals surface area contributed by atoms with Gasteiger partial charge in [-0.1, -0.05) is 41.9 Å². The first-order valence-corrected chi connectivity index (χ1v) is 14.7. The number of nitrogen functional groups attached to an aromatic ring is 1. The van der Waals surface area contributed by atoms with Crippen molar-refractivity contribution in [2.24, 2.45) is 5.92 Å². The molecule has 1 unspecified atom stereocenters. The Balaban J connectivity index is 1.09. The number of hydrogen-bond donors (Lipinski definition) is 2. The molecule has 2 heterocycles. The Morgan fingerprint density at radius 1 is 1.00 bits per heavy atom. The average molecular weight is 593 g/mol. The van der Waals surface area contributed by atoms with Crippen LogP contribution >= 0.6 is 11.6 Å². The van der Waals surface area contributed by atoms with E-state index < -0.39 is 0 Å². The number of rotatable bonds is 9. The number of ether oxygens (including phenoxy) is 3. The van der Waals surface area contributed by atoms with Crippen LogP contribution in [0.4, 0.5) is 5.69 Å². The maximum absolute atomic E-state index is 13.4. The van der Waals surface area contributed by atoms with Crippen LogP contribution in [0.25, 0.3) is 0 Å². The van der Waals surface area contributed by atoms with Crippen molar-refractivity contribution in [1.82, 2.24) is 15.1 Å². The molecule has 2 fully saturated rings. The van der Waals surface area contributed by atoms with Gasteiger partial charge in [0.1, 0.15) is 17.2 Å². The molecule has 2 amide bonds. The first-order valence-electron chi connectivity index (χ1n) is 14.3. The molecule has 0 aromatic heterocycles. The number of halogens is 1. The summed E-state index contributed by atoms with van der Waals surface area (Å²) in [4.78, 5) is 30.6. The molecule has 0 radical (unpaired) electrons. The van der Waals surface area contributed by atoms with Crippen LogP contribution < -0.4 is 20.5 Å². The van der Waals surface area contributed by atoms with Crippen molar-refractivity contribution in [2.75, 3.05) is 58.7 Å². The van der Waals surface area contributed by atoms with E-state index in [0.717, 1.165) is 32.5 Å². The smallest absolute Gasteiger partial charge is 0.257 e. The van der Waals surface area contributed by atoms with E-state index in [-0.39, 0.29) is 17.9 Å². The third kappa shape index (κ3) is 7.34. The molecule has 0 saturated carbocycles. The van der Waals surface area contributed by atoms with Crippen molar-refractivity contribution >= 4 is 29.1 Å². The number of carbonyl (C=O) groups excluding carboxylic acids is 2. The minimum atomic E-state index is -0.290. The van der Waals surface area contributed by atoms with Gasteiger partial charge in [-0.05, 0) is 49.1 Å². The normalized spacial score (nSPS) is 18.0. The van der Waals surface area contributed by atoms with E-state index in [2.05, 4.69) is 10.2 Å². The molecule has 9 nitrogen and oxygen atoms in total. The fourth-order valence-electron chi connectivity index (χ4n) is 5.49. The van der Waals surface area contributed by atoms with Gasteiger partial charge >= 0.3 is 0 Å². The standard InChI is InChI=1S/C32H37ClN4O5/c1-40-30-18-28(34)27(33)17-26(30)31(38)35-19-24-21-36(15-16-41-24)20-22-11-13-37(14-12-22)32(39)25-9-5-6-10-29(25)42-23-7-3-2-4-8-23/h2-10,17-18,22,24H,11-16,19-21,34H2,1H3,(H,35,38). The van der Waals surface area contributed by atoms with Crippen LogP contribution in [0.5, 0.6) is 17.2 Å². The van der Waals surface area contributed by atoms with Crippen molar-refractivity contribution in [1.29, 1.82) is 0 Å². The Morgan fingerprint density at radius 2 is 1.74 bits per heavy atom. The summed E-state index contributed by atoms with van der Waals surface area (Å²) in [5.41, 5.74) is 7.10. The molecule has 3 aromatic carbocycles. The average Bonchev–Trinajstić information content (AvgIpc) is 3.02. The Bertz CT molecular complexity index is 1380. The van der Waals surface area contributed by atoms with E-state index in [1.165, 1.54) is 13.2 Å². The number of methoxy groups -OCH3 is 1. The second-order valence-corrected chi connectivity index (χ2v) is 11.1. The molecule has 3 N–H and O–H groups in total. The topological polar surface area (TPSA) is 106 Å². The number of nitrogens with zero attached hydrogens (tertiary/aromatic N) is 2. The van der Waals surface area contributed by atoms with Crippen molar-refractivity contribution in [3.8, 4) is 17.2 Å². The van der Waals surface area contributed by atoms with E-state index in [1.807, 2.05) is 59.5 Å². The van der Waals surface area contributed by atoms with Gasteiger partial charge in [0, 0.05) is 45.3 Å². The molecule has 2 aliphatic rings. The van der Waals surface area contributed by atoms with Crippen LogP contribution in [0.1, 0.15) is 33.6 Å². The molecule has 2 aliphatic heterocycles. The quantitative estimate of drug-likeness (QED) is 0.347. The number of nitrogens with one attached hydrogen (secondary N) is 1. The first-order chi connectivity index (χ1) is 20.4. The van der Waals surface area contributed by atoms with E-state index in [1.54, 1.807) is 6.07 Å². The third-order valence-corrected chi connectivity index (χ3v) is 8.11. The molecule has 5 rings (SSSR count). The number of anilines is 1. The maximum Gasteiger partial charge on any atom is 0.257 e. The number of nitrogens with two attached hydrogens (primary N) is 1. The van der Waals surface area contributed by atoms with Gasteiger partial charge in [0.25, 0.3) is 11.8 Å². The summed E-state index contributed by atoms with van der Waals surface area (Å²) in [7, 11) is 1.49. The first kappa shape index (κ1) is 29.7. The zero-order valence-corrected chi connectivity index (χ0v) is 24.5. The highest BCUT2D eigenvalue weighted by Gasteiger charge is 2.29. The van der Waals surface area contributed by atoms with Gasteiger partial charge in [-0.25, -0.2) is 0 Å². The molecular weight excluding hydrogens is 556 g/mol. The van der Waals surface area contributed by atoms with Crippen LogP contribution in [0.2, 0.25) is 5.02 Å². The van der Waals surface area contributed by atoms with E-state index in [0.29, 0.717) is 71.2 Å². The highest BCUT2D eigenvalue weighted by atomic mass is 35.5. The summed E-state index contributed by atoms with van der Waals surface area (Å²) < 4.78 is 17.3. The van der Waals surface area contributed by atoms with Gasteiger partial charge in [0.2, 0.25) is 0 Å². The molecule has 3 aromatic rings. The Kier molecular flexibility index (Phi) is 9.84. The van der Waals surface area contributed by atoms with Crippen LogP contribution in [0.3, 0.4) is 0 Å². The molecule has 0 aliphatic carbocycles. The lowest BCUT2D eigenvalue weighted by Crippen LogP contribution is -2.50. The van der Waals surface area contributed by atoms with Gasteiger partial charge in [-0.3, -0.25) is 14.5 Å². The van der Waals surface area contributed by atoms with Crippen molar-refractivity contribution in [3.63, 3.8) is 0 Å². The molecule has 222 valence electrons. The van der Waals surface area contributed by atoms with Crippen molar-refractivity contribution < 1.29 is 23.8 Å². The van der Waals surface area contributed by atoms with Crippen molar-refractivity contribution in [3.05, 3.63) is 82.9 Å². The molecule has 1 atom stereocenters. The second kappa shape index (κ2) is 13.9. The second-order valence-electron chi connectivity index (χ2n) is 10.7. The van der Waals surface area contributed by atoms with Crippen LogP contribution in [-0.2, 0) is 4.74 Å². The SMILES string of the molecule is COc1cc(N)c(Cl)cc1C(=O)NCC1CN(CC2CCN(C(=O)c3ccccc3Oc3ccccc3)CC2)CCO1. The molecule has 2 saturated heterocycles. The highest BCUT2D eigenvalue weighted by Crippen LogP contribution is 2.30. The van der Waals surface area contributed by atoms with Crippen LogP contribution in [-0.4, -0.2) is 80.7 Å². The van der Waals surface area contributed by atoms with Crippen LogP contribution in [0, 0.1) is 5.92 Å². The van der Waals surface area contributed by atoms with Crippen molar-refractivity contribution in [2.45, 2.75) is 18.9 Å². The van der Waals surface area contributed by atoms with Gasteiger partial charge in [0.05, 0.1) is 41.7 Å². The molecule has 0 bridgehead atoms. The fraction of sp³-hybridized carbons (Fsp3) is 0.375. The maximum atomic E-state index is 13.4. The van der Waals surface area contributed by atoms with Gasteiger partial charge < -0.3 is 30.2 Å². The summed E-state index contributed by atoms with van der Waals surface area (Å²) in [5, 5.41) is 3.25. The number of para-hydroxylation sites is 2. The number of morpholine rings is 1. The Labute approximate surface area is 251 Å². The monoisotopic (exact) mass is 592 g/mol. The van der Waals surface area contributed by atoms with Gasteiger partial charge in [-0.2, -0.15) is 0 Å². The largest absolute Gasteiger partial charge is 0.496 e. The number of likely N-dealkylation sites (tertiary alicyclic amines) is 1. The Hall–Kier alpha value is -3.79. The van der Waals surface area contributed by atoms with E-state index in [9.17, 15) is 9.59 Å². The fourth-order valence-corrected chi connectivity index (χ4v) is 5.65. The molecule has 10 heteroatoms. The number of benzene rings is 3. The molecular formula is C32H37ClN4O5. The molecule has 42 heavy (non-hydrogen) atoms. The summed E-state index contributed by atoms with van der Waals surface area (Å²) in [6.45, 7) is 4.90. The summed E-state index contributed by atoms with van der Waals surface area (Å²) >= 11 is 6.12. The number of hydrogen-bond acceptors (Lipinski definition) is 7. The van der Waals surface area contributed by atoms with Gasteiger partial charge in [-0.15, -0.1) is 0 Å². The van der Waals surface area contributed by atoms with Gasteiger partial charge in [0.15, 0.2) is 0 Å². The number of amides is 2. The predicted octanol–water partition coefficient (Wildman–Crippen LogP) is 4.71. The van der Waals surface area contributed by atoms with Crippen LogP contribution in [0.15, 0.2) is 66.7 Å². The lowest BCUT2D eigenvalue weighted by Gasteiger charge is -2.38. The zero-order valence-electron chi connectivity index (χ0n) is 23.8. The van der Waals surface area contributed by atoms with E-state index in [4.69, 9.17) is 31.5 Å². The summed E-state index contributed by atoms with van der Waals surface area (Å²) in [6, 6.07) is 20.0. The lowest BCUT2D eigenvalue weighted by molar-refractivity contribution is -0.0332. The zero-order chi connectivity index (χ0) is 29.5. The summed E-state index contributed by atoms with van der Waals surface area (Å²) in [5.74, 6) is 1.84. The highest BCUT2D eigenvalue weighted by molar-refractivity contribution is 6.33. The van der Waals surface area contributed by atoms with E-state index >= 15 is 0 Å². The number of carbonyl (C=O) groups is 2. The summed E-state index contributed by atoms with van der Waals surface area (Å²) in [6.07, 6.45) is 1.74. The molecule has 0 spiro atoms. The lowest BCUT2D eigenvalue weighted by atomic mass is 9.95.